The van der Waals surface area contributed by atoms with Gasteiger partial charge < -0.3 is 18.9 Å². The highest BCUT2D eigenvalue weighted by atomic mass is 32.2. The summed E-state index contributed by atoms with van der Waals surface area (Å²) in [4.78, 5) is 22.4. The Morgan fingerprint density at radius 3 is 1.85 bits per heavy atom. The van der Waals surface area contributed by atoms with E-state index in [0.29, 0.717) is 33.4 Å². The van der Waals surface area contributed by atoms with Gasteiger partial charge in [0, 0.05) is 40.5 Å². The van der Waals surface area contributed by atoms with Gasteiger partial charge in [0.05, 0.1) is 4.91 Å². The van der Waals surface area contributed by atoms with Gasteiger partial charge in [0.2, 0.25) is 0 Å². The fourth-order valence-electron chi connectivity index (χ4n) is 3.56. The predicted molar refractivity (Wildman–Crippen MR) is 124 cm³/mol. The Bertz CT molecular complexity index is 1260. The number of fused-ring (bicyclic) bond motifs is 2. The molecular formula is C24H24O9S. The van der Waals surface area contributed by atoms with E-state index in [-0.39, 0.29) is 44.2 Å². The molecule has 180 valence electrons. The van der Waals surface area contributed by atoms with Crippen molar-refractivity contribution in [3.8, 4) is 11.5 Å². The van der Waals surface area contributed by atoms with Crippen LogP contribution < -0.4 is 9.47 Å². The Morgan fingerprint density at radius 1 is 0.882 bits per heavy atom. The first-order valence-electron chi connectivity index (χ1n) is 10.3. The van der Waals surface area contributed by atoms with E-state index in [1.54, 1.807) is 12.1 Å². The highest BCUT2D eigenvalue weighted by Gasteiger charge is 2.28. The molecule has 3 rings (SSSR count). The lowest BCUT2D eigenvalue weighted by atomic mass is 9.90. The minimum atomic E-state index is -4.41. The average molecular weight is 489 g/mol. The predicted octanol–water partition coefficient (Wildman–Crippen LogP) is 2.93. The topological polar surface area (TPSA) is 125 Å². The molecule has 0 fully saturated rings. The molecule has 0 aromatic heterocycles. The summed E-state index contributed by atoms with van der Waals surface area (Å²) in [7, 11) is -4.41. The summed E-state index contributed by atoms with van der Waals surface area (Å²) in [5.74, 6) is -0.263. The van der Waals surface area contributed by atoms with Gasteiger partial charge in [0.15, 0.2) is 0 Å². The second kappa shape index (κ2) is 11.0. The van der Waals surface area contributed by atoms with Crippen molar-refractivity contribution in [3.05, 3.63) is 71.7 Å². The summed E-state index contributed by atoms with van der Waals surface area (Å²) >= 11 is 0. The van der Waals surface area contributed by atoms with Gasteiger partial charge in [-0.15, -0.1) is 0 Å². The van der Waals surface area contributed by atoms with Crippen LogP contribution in [0.15, 0.2) is 60.6 Å². The zero-order valence-electron chi connectivity index (χ0n) is 18.3. The summed E-state index contributed by atoms with van der Waals surface area (Å²) in [6.45, 7) is 6.70. The van der Waals surface area contributed by atoms with Gasteiger partial charge in [-0.2, -0.15) is 8.42 Å². The summed E-state index contributed by atoms with van der Waals surface area (Å²) in [5.41, 5.74) is 1.21. The largest absolute Gasteiger partial charge is 0.489 e. The fraction of sp³-hybridized carbons (Fsp3) is 0.250. The highest BCUT2D eigenvalue weighted by Crippen LogP contribution is 2.44. The lowest BCUT2D eigenvalue weighted by Crippen LogP contribution is -2.17. The number of esters is 2. The number of benzene rings is 2. The smallest absolute Gasteiger partial charge is 0.330 e. The maximum absolute atomic E-state index is 11.8. The van der Waals surface area contributed by atoms with Crippen LogP contribution >= 0.6 is 0 Å². The second-order valence-electron chi connectivity index (χ2n) is 7.13. The fourth-order valence-corrected chi connectivity index (χ4v) is 4.18. The maximum atomic E-state index is 11.8. The highest BCUT2D eigenvalue weighted by molar-refractivity contribution is 7.89. The summed E-state index contributed by atoms with van der Waals surface area (Å²) in [5, 5.41) is 1.35. The molecule has 0 aliphatic heterocycles. The van der Waals surface area contributed by atoms with Crippen LogP contribution in [0.5, 0.6) is 11.5 Å². The van der Waals surface area contributed by atoms with Gasteiger partial charge in [0.25, 0.3) is 10.1 Å². The van der Waals surface area contributed by atoms with Gasteiger partial charge in [0.1, 0.15) is 37.9 Å². The molecule has 0 saturated heterocycles. The molecule has 2 aromatic rings. The average Bonchev–Trinajstić information content (AvgIpc) is 2.83. The molecule has 0 spiro atoms. The van der Waals surface area contributed by atoms with E-state index >= 15 is 0 Å². The van der Waals surface area contributed by atoms with Gasteiger partial charge in [-0.1, -0.05) is 43.5 Å². The molecule has 1 N–H and O–H groups in total. The number of ether oxygens (including phenoxy) is 4. The summed E-state index contributed by atoms with van der Waals surface area (Å²) in [6, 6.07) is 7.22. The van der Waals surface area contributed by atoms with Crippen molar-refractivity contribution in [2.75, 3.05) is 26.4 Å². The van der Waals surface area contributed by atoms with Crippen LogP contribution in [0.2, 0.25) is 0 Å². The van der Waals surface area contributed by atoms with Crippen molar-refractivity contribution in [2.24, 2.45) is 0 Å². The van der Waals surface area contributed by atoms with Crippen LogP contribution in [0, 0.1) is 0 Å². The molecule has 9 nitrogen and oxygen atoms in total. The van der Waals surface area contributed by atoms with E-state index in [0.717, 1.165) is 12.2 Å². The third-order valence-corrected chi connectivity index (χ3v) is 6.00. The van der Waals surface area contributed by atoms with Crippen LogP contribution in [0.25, 0.3) is 10.8 Å². The molecule has 0 atom stereocenters. The van der Waals surface area contributed by atoms with E-state index in [2.05, 4.69) is 13.2 Å². The molecule has 0 amide bonds. The molecule has 0 saturated carbocycles. The third kappa shape index (κ3) is 5.83. The Morgan fingerprint density at radius 2 is 1.38 bits per heavy atom. The van der Waals surface area contributed by atoms with E-state index in [1.165, 1.54) is 6.08 Å². The van der Waals surface area contributed by atoms with Crippen molar-refractivity contribution in [2.45, 2.75) is 12.8 Å². The van der Waals surface area contributed by atoms with Gasteiger partial charge in [-0.25, -0.2) is 9.59 Å². The van der Waals surface area contributed by atoms with Crippen molar-refractivity contribution in [1.82, 2.24) is 0 Å². The molecule has 0 bridgehead atoms. The Balaban J connectivity index is 2.00. The standard InChI is InChI=1S/C24H24O9S/c1-3-21(25)30-11-13-32-23-17-7-5-6-8-18(17)24(33-14-12-31-22(26)4-2)20-15-16(34(27,28)29)9-10-19(20)23/h3-9H,1-2,10-15H2,(H,27,28,29). The number of hydrogen-bond donors (Lipinski definition) is 1. The first-order valence-corrected chi connectivity index (χ1v) is 11.8. The molecule has 2 aromatic carbocycles. The molecular weight excluding hydrogens is 464 g/mol. The van der Waals surface area contributed by atoms with Crippen LogP contribution in [0.1, 0.15) is 11.1 Å². The SMILES string of the molecule is C=CC(=O)OCCOc1c2c(c(OCCOC(=O)C=C)c3ccccc13)CC(S(=O)(=O)O)=CC2. The zero-order chi connectivity index (χ0) is 24.7. The zero-order valence-corrected chi connectivity index (χ0v) is 19.1. The Kier molecular flexibility index (Phi) is 8.08. The molecule has 34 heavy (non-hydrogen) atoms. The second-order valence-corrected chi connectivity index (χ2v) is 8.60. The summed E-state index contributed by atoms with van der Waals surface area (Å²) in [6.07, 6.45) is 3.57. The van der Waals surface area contributed by atoms with Crippen molar-refractivity contribution < 1.29 is 41.5 Å². The normalized spacial score (nSPS) is 12.8. The van der Waals surface area contributed by atoms with Crippen molar-refractivity contribution in [1.29, 1.82) is 0 Å². The molecule has 1 aliphatic carbocycles. The minimum Gasteiger partial charge on any atom is -0.489 e. The third-order valence-electron chi connectivity index (χ3n) is 5.03. The first-order chi connectivity index (χ1) is 16.3. The van der Waals surface area contributed by atoms with Gasteiger partial charge in [-0.3, -0.25) is 4.55 Å². The van der Waals surface area contributed by atoms with Crippen molar-refractivity contribution in [3.63, 3.8) is 0 Å². The first kappa shape index (κ1) is 25.0. The van der Waals surface area contributed by atoms with E-state index < -0.39 is 22.1 Å². The van der Waals surface area contributed by atoms with E-state index in [1.807, 2.05) is 12.1 Å². The lowest BCUT2D eigenvalue weighted by Gasteiger charge is -2.25. The monoisotopic (exact) mass is 488 g/mol. The van der Waals surface area contributed by atoms with Gasteiger partial charge >= 0.3 is 11.9 Å². The molecule has 1 aliphatic rings. The van der Waals surface area contributed by atoms with Gasteiger partial charge in [-0.05, 0) is 6.42 Å². The molecule has 0 unspecified atom stereocenters. The maximum Gasteiger partial charge on any atom is 0.330 e. The number of carbonyl (C=O) groups excluding carboxylic acids is 2. The summed E-state index contributed by atoms with van der Waals surface area (Å²) < 4.78 is 55.1. The van der Waals surface area contributed by atoms with E-state index in [4.69, 9.17) is 18.9 Å². The minimum absolute atomic E-state index is 0.00696. The van der Waals surface area contributed by atoms with Crippen molar-refractivity contribution >= 4 is 32.8 Å². The Hall–Kier alpha value is -3.63. The molecule has 10 heteroatoms. The van der Waals surface area contributed by atoms with Crippen LogP contribution in [-0.2, 0) is 42.0 Å². The van der Waals surface area contributed by atoms with Crippen LogP contribution in [0.3, 0.4) is 0 Å². The lowest BCUT2D eigenvalue weighted by molar-refractivity contribution is -0.139. The number of hydrogen-bond acceptors (Lipinski definition) is 8. The molecule has 0 radical (unpaired) electrons. The van der Waals surface area contributed by atoms with Crippen LogP contribution in [-0.4, -0.2) is 51.3 Å². The molecule has 0 heterocycles. The number of allylic oxidation sites excluding steroid dienone is 2. The van der Waals surface area contributed by atoms with E-state index in [9.17, 15) is 22.6 Å². The quantitative estimate of drug-likeness (QED) is 0.220. The number of rotatable bonds is 11. The number of carbonyl (C=O) groups is 2. The van der Waals surface area contributed by atoms with Crippen LogP contribution in [0.4, 0.5) is 0 Å². The Labute approximate surface area is 197 Å².